The van der Waals surface area contributed by atoms with Gasteiger partial charge in [-0.25, -0.2) is 4.68 Å². The second-order valence-electron chi connectivity index (χ2n) is 8.52. The molecule has 0 fully saturated rings. The van der Waals surface area contributed by atoms with Crippen LogP contribution >= 0.6 is 0 Å². The number of nitrogens with one attached hydrogen (secondary N) is 1. The Balaban J connectivity index is 1.57. The quantitative estimate of drug-likeness (QED) is 0.331. The largest absolute Gasteiger partial charge is 0.493 e. The van der Waals surface area contributed by atoms with Crippen LogP contribution < -0.4 is 19.5 Å². The van der Waals surface area contributed by atoms with Gasteiger partial charge in [0.1, 0.15) is 0 Å². The third-order valence-electron chi connectivity index (χ3n) is 6.55. The van der Waals surface area contributed by atoms with E-state index in [4.69, 9.17) is 19.3 Å². The highest BCUT2D eigenvalue weighted by molar-refractivity contribution is 5.74. The van der Waals surface area contributed by atoms with Crippen molar-refractivity contribution in [1.82, 2.24) is 14.3 Å². The van der Waals surface area contributed by atoms with Crippen LogP contribution in [0.1, 0.15) is 17.3 Å². The molecule has 1 unspecified atom stereocenters. The maximum Gasteiger partial charge on any atom is 0.203 e. The average Bonchev–Trinajstić information content (AvgIpc) is 3.61. The van der Waals surface area contributed by atoms with Gasteiger partial charge < -0.3 is 24.1 Å². The van der Waals surface area contributed by atoms with Crippen LogP contribution in [0.3, 0.4) is 0 Å². The molecule has 0 spiro atoms. The number of hydrogen-bond donors (Lipinski definition) is 1. The van der Waals surface area contributed by atoms with E-state index in [2.05, 4.69) is 52.6 Å². The first-order chi connectivity index (χ1) is 17.7. The normalized spacial score (nSPS) is 13.9. The topological polar surface area (TPSA) is 62.5 Å². The minimum atomic E-state index is -0.124. The summed E-state index contributed by atoms with van der Waals surface area (Å²) in [4.78, 5) is 0. The Labute approximate surface area is 209 Å². The predicted octanol–water partition coefficient (Wildman–Crippen LogP) is 5.87. The smallest absolute Gasteiger partial charge is 0.203 e. The standard InChI is InChI=1S/C29H26N4O3/c1-34-25-16-19(17-26(35-2)29(25)36-3)27-21(18-33(31-27)20-10-5-4-6-11-20)28-24-14-9-15-32(24)23-13-8-7-12-22(23)30-28/h4-18,28,30H,1-3H3. The summed E-state index contributed by atoms with van der Waals surface area (Å²) in [7, 11) is 4.85. The van der Waals surface area contributed by atoms with Crippen molar-refractivity contribution >= 4 is 5.69 Å². The van der Waals surface area contributed by atoms with Crippen LogP contribution in [0.5, 0.6) is 17.2 Å². The summed E-state index contributed by atoms with van der Waals surface area (Å²) >= 11 is 0. The molecule has 7 heteroatoms. The third-order valence-corrected chi connectivity index (χ3v) is 6.55. The monoisotopic (exact) mass is 478 g/mol. The van der Waals surface area contributed by atoms with Crippen molar-refractivity contribution in [2.45, 2.75) is 6.04 Å². The Morgan fingerprint density at radius 1 is 0.806 bits per heavy atom. The fraction of sp³-hybridized carbons (Fsp3) is 0.138. The van der Waals surface area contributed by atoms with Crippen molar-refractivity contribution in [2.24, 2.45) is 0 Å². The maximum absolute atomic E-state index is 5.65. The minimum absolute atomic E-state index is 0.124. The van der Waals surface area contributed by atoms with Crippen molar-refractivity contribution in [1.29, 1.82) is 0 Å². The van der Waals surface area contributed by atoms with Crippen molar-refractivity contribution in [3.63, 3.8) is 0 Å². The van der Waals surface area contributed by atoms with E-state index in [-0.39, 0.29) is 6.04 Å². The highest BCUT2D eigenvalue weighted by Crippen LogP contribution is 2.44. The van der Waals surface area contributed by atoms with E-state index in [1.807, 2.05) is 53.2 Å². The molecular weight excluding hydrogens is 452 g/mol. The number of methoxy groups -OCH3 is 3. The van der Waals surface area contributed by atoms with E-state index in [1.54, 1.807) is 21.3 Å². The van der Waals surface area contributed by atoms with Crippen molar-refractivity contribution in [3.05, 3.63) is 103 Å². The summed E-state index contributed by atoms with van der Waals surface area (Å²) in [6, 6.07) is 26.4. The molecule has 7 nitrogen and oxygen atoms in total. The van der Waals surface area contributed by atoms with Crippen LogP contribution in [0.25, 0.3) is 22.6 Å². The lowest BCUT2D eigenvalue weighted by Gasteiger charge is -2.29. The molecule has 5 aromatic rings. The number of aromatic nitrogens is 3. The third kappa shape index (κ3) is 3.48. The summed E-state index contributed by atoms with van der Waals surface area (Å²) in [5.74, 6) is 1.71. The van der Waals surface area contributed by atoms with E-state index < -0.39 is 0 Å². The number of anilines is 1. The van der Waals surface area contributed by atoms with Gasteiger partial charge in [0.05, 0.1) is 50.1 Å². The SMILES string of the molecule is COc1cc(-c2nn(-c3ccccc3)cc2C2Nc3ccccc3-n3cccc32)cc(OC)c1OC. The number of benzene rings is 3. The lowest BCUT2D eigenvalue weighted by molar-refractivity contribution is 0.324. The fourth-order valence-electron chi connectivity index (χ4n) is 4.87. The van der Waals surface area contributed by atoms with E-state index in [0.717, 1.165) is 39.6 Å². The van der Waals surface area contributed by atoms with Gasteiger partial charge in [0, 0.05) is 29.2 Å². The van der Waals surface area contributed by atoms with Crippen LogP contribution in [0.15, 0.2) is 91.3 Å². The number of hydrogen-bond acceptors (Lipinski definition) is 5. The van der Waals surface area contributed by atoms with Crippen molar-refractivity contribution < 1.29 is 14.2 Å². The number of fused-ring (bicyclic) bond motifs is 3. The molecule has 2 aromatic heterocycles. The van der Waals surface area contributed by atoms with Gasteiger partial charge in [0.15, 0.2) is 11.5 Å². The van der Waals surface area contributed by atoms with Gasteiger partial charge in [-0.15, -0.1) is 0 Å². The molecule has 1 atom stereocenters. The summed E-state index contributed by atoms with van der Waals surface area (Å²) in [5, 5.41) is 8.81. The van der Waals surface area contributed by atoms with E-state index in [0.29, 0.717) is 17.2 Å². The summed E-state index contributed by atoms with van der Waals surface area (Å²) in [5.41, 5.74) is 7.02. The van der Waals surface area contributed by atoms with Gasteiger partial charge in [-0.3, -0.25) is 0 Å². The molecule has 0 bridgehead atoms. The molecule has 0 radical (unpaired) electrons. The number of ether oxygens (including phenoxy) is 3. The van der Waals surface area contributed by atoms with Gasteiger partial charge >= 0.3 is 0 Å². The summed E-state index contributed by atoms with van der Waals surface area (Å²) in [6.45, 7) is 0. The number of para-hydroxylation sites is 3. The second kappa shape index (κ2) is 8.85. The zero-order valence-electron chi connectivity index (χ0n) is 20.3. The van der Waals surface area contributed by atoms with Gasteiger partial charge in [-0.2, -0.15) is 5.10 Å². The first-order valence-electron chi connectivity index (χ1n) is 11.7. The zero-order valence-corrected chi connectivity index (χ0v) is 20.3. The Kier molecular flexibility index (Phi) is 5.37. The van der Waals surface area contributed by atoms with Crippen LogP contribution in [-0.2, 0) is 0 Å². The minimum Gasteiger partial charge on any atom is -0.493 e. The fourth-order valence-corrected chi connectivity index (χ4v) is 4.87. The number of nitrogens with zero attached hydrogens (tertiary/aromatic N) is 3. The highest BCUT2D eigenvalue weighted by Gasteiger charge is 2.30. The van der Waals surface area contributed by atoms with Gasteiger partial charge in [-0.1, -0.05) is 30.3 Å². The molecule has 3 heterocycles. The maximum atomic E-state index is 5.65. The molecule has 1 N–H and O–H groups in total. The molecule has 36 heavy (non-hydrogen) atoms. The predicted molar refractivity (Wildman–Crippen MR) is 140 cm³/mol. The van der Waals surface area contributed by atoms with Crippen LogP contribution in [-0.4, -0.2) is 35.7 Å². The zero-order chi connectivity index (χ0) is 24.6. The number of rotatable bonds is 6. The second-order valence-corrected chi connectivity index (χ2v) is 8.52. The molecule has 0 aliphatic carbocycles. The van der Waals surface area contributed by atoms with E-state index in [9.17, 15) is 0 Å². The average molecular weight is 479 g/mol. The molecule has 0 saturated heterocycles. The first kappa shape index (κ1) is 21.9. The molecule has 0 amide bonds. The Hall–Kier alpha value is -4.65. The Morgan fingerprint density at radius 2 is 1.53 bits per heavy atom. The van der Waals surface area contributed by atoms with Crippen LogP contribution in [0.4, 0.5) is 5.69 Å². The Morgan fingerprint density at radius 3 is 2.25 bits per heavy atom. The molecule has 1 aliphatic rings. The highest BCUT2D eigenvalue weighted by atomic mass is 16.5. The van der Waals surface area contributed by atoms with Gasteiger partial charge in [-0.05, 0) is 48.5 Å². The molecule has 0 saturated carbocycles. The molecular formula is C29H26N4O3. The van der Waals surface area contributed by atoms with E-state index >= 15 is 0 Å². The molecule has 1 aliphatic heterocycles. The molecule has 3 aromatic carbocycles. The summed E-state index contributed by atoms with van der Waals surface area (Å²) in [6.07, 6.45) is 4.19. The van der Waals surface area contributed by atoms with Gasteiger partial charge in [0.25, 0.3) is 0 Å². The molecule has 6 rings (SSSR count). The molecule has 180 valence electrons. The van der Waals surface area contributed by atoms with Crippen LogP contribution in [0, 0.1) is 0 Å². The first-order valence-corrected chi connectivity index (χ1v) is 11.7. The lowest BCUT2D eigenvalue weighted by atomic mass is 9.97. The van der Waals surface area contributed by atoms with Gasteiger partial charge in [0.2, 0.25) is 5.75 Å². The lowest BCUT2D eigenvalue weighted by Crippen LogP contribution is -2.22. The van der Waals surface area contributed by atoms with Crippen molar-refractivity contribution in [3.8, 4) is 39.9 Å². The Bertz CT molecular complexity index is 1510. The van der Waals surface area contributed by atoms with E-state index in [1.165, 1.54) is 0 Å². The van der Waals surface area contributed by atoms with Crippen molar-refractivity contribution in [2.75, 3.05) is 26.6 Å². The van der Waals surface area contributed by atoms with Crippen LogP contribution in [0.2, 0.25) is 0 Å². The summed E-state index contributed by atoms with van der Waals surface area (Å²) < 4.78 is 21.0.